The van der Waals surface area contributed by atoms with Gasteiger partial charge in [-0.3, -0.25) is 0 Å². The number of urea groups is 1. The zero-order chi connectivity index (χ0) is 12.7. The van der Waals surface area contributed by atoms with Crippen LogP contribution in [0.1, 0.15) is 11.1 Å². The molecule has 0 atom stereocenters. The molecule has 0 bridgehead atoms. The van der Waals surface area contributed by atoms with Crippen molar-refractivity contribution in [2.24, 2.45) is 0 Å². The van der Waals surface area contributed by atoms with E-state index in [0.717, 1.165) is 12.1 Å². The smallest absolute Gasteiger partial charge is 0.315 e. The molecule has 4 heteroatoms. The number of likely N-dealkylation sites (N-methyl/N-ethyl adjacent to an activating group) is 1. The van der Waals surface area contributed by atoms with E-state index in [1.165, 1.54) is 5.56 Å². The third-order valence-electron chi connectivity index (χ3n) is 2.38. The lowest BCUT2D eigenvalue weighted by atomic mass is 10.1. The van der Waals surface area contributed by atoms with Crippen LogP contribution in [0.5, 0.6) is 0 Å². The maximum absolute atomic E-state index is 11.4. The van der Waals surface area contributed by atoms with Gasteiger partial charge < -0.3 is 15.5 Å². The Morgan fingerprint density at radius 2 is 2.06 bits per heavy atom. The summed E-state index contributed by atoms with van der Waals surface area (Å²) in [7, 11) is 3.96. The molecule has 0 heterocycles. The van der Waals surface area contributed by atoms with Crippen LogP contribution in [0.4, 0.5) is 4.79 Å². The molecule has 0 aliphatic heterocycles. The zero-order valence-electron chi connectivity index (χ0n) is 10.8. The molecule has 0 aliphatic rings. The Morgan fingerprint density at radius 3 is 2.71 bits per heavy atom. The molecule has 94 valence electrons. The minimum Gasteiger partial charge on any atom is -0.337 e. The summed E-state index contributed by atoms with van der Waals surface area (Å²) in [6.07, 6.45) is 0. The third-order valence-corrected chi connectivity index (χ3v) is 2.38. The van der Waals surface area contributed by atoms with Crippen molar-refractivity contribution in [2.75, 3.05) is 27.2 Å². The summed E-state index contributed by atoms with van der Waals surface area (Å²) < 4.78 is 0. The van der Waals surface area contributed by atoms with Gasteiger partial charge in [-0.25, -0.2) is 4.79 Å². The summed E-state index contributed by atoms with van der Waals surface area (Å²) in [5.74, 6) is 0. The molecule has 0 aromatic heterocycles. The molecule has 0 saturated heterocycles. The third kappa shape index (κ3) is 5.92. The van der Waals surface area contributed by atoms with Crippen molar-refractivity contribution in [3.05, 3.63) is 35.4 Å². The van der Waals surface area contributed by atoms with E-state index in [4.69, 9.17) is 0 Å². The van der Waals surface area contributed by atoms with Crippen LogP contribution in [0.3, 0.4) is 0 Å². The van der Waals surface area contributed by atoms with Crippen molar-refractivity contribution < 1.29 is 4.79 Å². The van der Waals surface area contributed by atoms with Crippen molar-refractivity contribution in [3.63, 3.8) is 0 Å². The van der Waals surface area contributed by atoms with E-state index in [1.54, 1.807) is 0 Å². The van der Waals surface area contributed by atoms with E-state index >= 15 is 0 Å². The quantitative estimate of drug-likeness (QED) is 0.809. The van der Waals surface area contributed by atoms with Crippen molar-refractivity contribution >= 4 is 6.03 Å². The number of nitrogens with zero attached hydrogens (tertiary/aromatic N) is 1. The first-order chi connectivity index (χ1) is 8.08. The summed E-state index contributed by atoms with van der Waals surface area (Å²) in [6.45, 7) is 4.11. The highest BCUT2D eigenvalue weighted by molar-refractivity contribution is 5.73. The van der Waals surface area contributed by atoms with Crippen LogP contribution in [-0.4, -0.2) is 38.1 Å². The van der Waals surface area contributed by atoms with Crippen LogP contribution in [0.15, 0.2) is 24.3 Å². The van der Waals surface area contributed by atoms with Crippen LogP contribution >= 0.6 is 0 Å². The molecule has 4 nitrogen and oxygen atoms in total. The highest BCUT2D eigenvalue weighted by atomic mass is 16.2. The molecule has 0 fully saturated rings. The molecule has 0 aliphatic carbocycles. The maximum atomic E-state index is 11.4. The van der Waals surface area contributed by atoms with Crippen molar-refractivity contribution in [1.29, 1.82) is 0 Å². The fourth-order valence-electron chi connectivity index (χ4n) is 1.46. The number of hydrogen-bond acceptors (Lipinski definition) is 2. The largest absolute Gasteiger partial charge is 0.337 e. The summed E-state index contributed by atoms with van der Waals surface area (Å²) >= 11 is 0. The van der Waals surface area contributed by atoms with Gasteiger partial charge in [-0.05, 0) is 26.6 Å². The molecule has 17 heavy (non-hydrogen) atoms. The average molecular weight is 235 g/mol. The van der Waals surface area contributed by atoms with Gasteiger partial charge in [0.15, 0.2) is 0 Å². The number of amides is 2. The predicted molar refractivity (Wildman–Crippen MR) is 70.0 cm³/mol. The van der Waals surface area contributed by atoms with Crippen molar-refractivity contribution in [3.8, 4) is 0 Å². The number of nitrogens with one attached hydrogen (secondary N) is 2. The molecule has 1 aromatic rings. The molecule has 0 radical (unpaired) electrons. The molecule has 0 saturated carbocycles. The molecule has 0 spiro atoms. The van der Waals surface area contributed by atoms with Gasteiger partial charge in [0.05, 0.1) is 0 Å². The minimum atomic E-state index is -0.117. The Labute approximate surface area is 103 Å². The van der Waals surface area contributed by atoms with Crippen LogP contribution in [0.25, 0.3) is 0 Å². The second-order valence-electron chi connectivity index (χ2n) is 4.40. The topological polar surface area (TPSA) is 44.4 Å². The lowest BCUT2D eigenvalue weighted by molar-refractivity contribution is 0.239. The van der Waals surface area contributed by atoms with E-state index in [2.05, 4.69) is 16.7 Å². The molecule has 1 rings (SSSR count). The number of aryl methyl sites for hydroxylation is 1. The van der Waals surface area contributed by atoms with E-state index in [-0.39, 0.29) is 6.03 Å². The summed E-state index contributed by atoms with van der Waals surface area (Å²) in [6, 6.07) is 8.00. The van der Waals surface area contributed by atoms with Gasteiger partial charge in [-0.15, -0.1) is 0 Å². The van der Waals surface area contributed by atoms with Crippen molar-refractivity contribution in [2.45, 2.75) is 13.5 Å². The molecular weight excluding hydrogens is 214 g/mol. The van der Waals surface area contributed by atoms with Gasteiger partial charge in [-0.2, -0.15) is 0 Å². The lowest BCUT2D eigenvalue weighted by Crippen LogP contribution is -2.38. The zero-order valence-corrected chi connectivity index (χ0v) is 10.8. The summed E-state index contributed by atoms with van der Waals surface area (Å²) in [5.41, 5.74) is 2.32. The Bertz CT molecular complexity index is 363. The summed E-state index contributed by atoms with van der Waals surface area (Å²) in [5, 5.41) is 5.64. The SMILES string of the molecule is Cc1cccc(CNC(=O)NCCN(C)C)c1. The Morgan fingerprint density at radius 1 is 1.29 bits per heavy atom. The number of rotatable bonds is 5. The molecule has 2 N–H and O–H groups in total. The number of carbonyl (C=O) groups excluding carboxylic acids is 1. The molecular formula is C13H21N3O. The fourth-order valence-corrected chi connectivity index (χ4v) is 1.46. The maximum Gasteiger partial charge on any atom is 0.315 e. The van der Waals surface area contributed by atoms with Crippen LogP contribution in [-0.2, 0) is 6.54 Å². The van der Waals surface area contributed by atoms with Crippen LogP contribution in [0, 0.1) is 6.92 Å². The van der Waals surface area contributed by atoms with E-state index in [9.17, 15) is 4.79 Å². The first kappa shape index (κ1) is 13.5. The Hall–Kier alpha value is -1.55. The van der Waals surface area contributed by atoms with Gasteiger partial charge in [-0.1, -0.05) is 29.8 Å². The summed E-state index contributed by atoms with van der Waals surface area (Å²) in [4.78, 5) is 13.5. The molecule has 0 unspecified atom stereocenters. The Balaban J connectivity index is 2.24. The lowest BCUT2D eigenvalue weighted by Gasteiger charge is -2.11. The van der Waals surface area contributed by atoms with Gasteiger partial charge in [0, 0.05) is 19.6 Å². The number of benzene rings is 1. The second kappa shape index (κ2) is 6.91. The normalized spacial score (nSPS) is 10.4. The van der Waals surface area contributed by atoms with Gasteiger partial charge in [0.25, 0.3) is 0 Å². The number of carbonyl (C=O) groups is 1. The first-order valence-corrected chi connectivity index (χ1v) is 5.80. The first-order valence-electron chi connectivity index (χ1n) is 5.80. The monoisotopic (exact) mass is 235 g/mol. The van der Waals surface area contributed by atoms with Gasteiger partial charge >= 0.3 is 6.03 Å². The van der Waals surface area contributed by atoms with Gasteiger partial charge in [0.1, 0.15) is 0 Å². The standard InChI is InChI=1S/C13H21N3O/c1-11-5-4-6-12(9-11)10-15-13(17)14-7-8-16(2)3/h4-6,9H,7-8,10H2,1-3H3,(H2,14,15,17). The Kier molecular flexibility index (Phi) is 5.49. The van der Waals surface area contributed by atoms with Crippen LogP contribution < -0.4 is 10.6 Å². The van der Waals surface area contributed by atoms with E-state index < -0.39 is 0 Å². The number of hydrogen-bond donors (Lipinski definition) is 2. The van der Waals surface area contributed by atoms with Crippen molar-refractivity contribution in [1.82, 2.24) is 15.5 Å². The van der Waals surface area contributed by atoms with E-state index in [0.29, 0.717) is 13.1 Å². The molecule has 1 aromatic carbocycles. The molecule has 2 amide bonds. The predicted octanol–water partition coefficient (Wildman–Crippen LogP) is 1.36. The fraction of sp³-hybridized carbons (Fsp3) is 0.462. The minimum absolute atomic E-state index is 0.117. The highest BCUT2D eigenvalue weighted by Gasteiger charge is 2.00. The van der Waals surface area contributed by atoms with Crippen LogP contribution in [0.2, 0.25) is 0 Å². The van der Waals surface area contributed by atoms with E-state index in [1.807, 2.05) is 44.1 Å². The average Bonchev–Trinajstić information content (AvgIpc) is 2.26. The highest BCUT2D eigenvalue weighted by Crippen LogP contribution is 2.02. The van der Waals surface area contributed by atoms with Gasteiger partial charge in [0.2, 0.25) is 0 Å². The second-order valence-corrected chi connectivity index (χ2v) is 4.40.